The summed E-state index contributed by atoms with van der Waals surface area (Å²) < 4.78 is 5.17. The minimum atomic E-state index is -1.47. The molecule has 0 saturated carbocycles. The Labute approximate surface area is 211 Å². The average molecular weight is 496 g/mol. The van der Waals surface area contributed by atoms with E-state index < -0.39 is 42.2 Å². The van der Waals surface area contributed by atoms with Gasteiger partial charge in [0.1, 0.15) is 23.4 Å². The van der Waals surface area contributed by atoms with Crippen LogP contribution in [0, 0.1) is 33.2 Å². The molecule has 0 fully saturated rings. The summed E-state index contributed by atoms with van der Waals surface area (Å²) in [5, 5.41) is 25.0. The van der Waals surface area contributed by atoms with E-state index in [4.69, 9.17) is 11.2 Å². The summed E-state index contributed by atoms with van der Waals surface area (Å²) >= 11 is 0. The van der Waals surface area contributed by atoms with Crippen LogP contribution in [-0.2, 0) is 14.3 Å². The first-order valence-corrected chi connectivity index (χ1v) is 11.3. The van der Waals surface area contributed by atoms with Gasteiger partial charge in [0.2, 0.25) is 0 Å². The van der Waals surface area contributed by atoms with Gasteiger partial charge in [-0.25, -0.2) is 4.79 Å². The van der Waals surface area contributed by atoms with Gasteiger partial charge in [-0.2, -0.15) is 0 Å². The Balaban J connectivity index is 2.49. The number of aryl methyl sites for hydroxylation is 3. The standard InChI is InChI=1S/C27H33N3O6/c1-8-30(25(34)20(15-31)28-26(35)36-27(5,6)7)23(19-12-13-21(32)18(4)14-19)24(33)29-22-16(2)10-9-11-17(22)3/h1,9-14,20,23,31-32H,15H2,2-7H3,(H,28,35)(H,29,33). The highest BCUT2D eigenvalue weighted by molar-refractivity contribution is 6.00. The molecule has 192 valence electrons. The average Bonchev–Trinajstić information content (AvgIpc) is 2.78. The minimum Gasteiger partial charge on any atom is -0.508 e. The van der Waals surface area contributed by atoms with E-state index in [-0.39, 0.29) is 5.75 Å². The van der Waals surface area contributed by atoms with Crippen LogP contribution in [0.2, 0.25) is 0 Å². The first-order chi connectivity index (χ1) is 16.8. The van der Waals surface area contributed by atoms with Crippen LogP contribution in [0.1, 0.15) is 49.1 Å². The number of aromatic hydroxyl groups is 1. The van der Waals surface area contributed by atoms with E-state index in [1.807, 2.05) is 32.0 Å². The molecule has 9 nitrogen and oxygen atoms in total. The van der Waals surface area contributed by atoms with Crippen molar-refractivity contribution in [3.8, 4) is 18.2 Å². The molecule has 4 N–H and O–H groups in total. The number of carbonyl (C=O) groups excluding carboxylic acids is 3. The molecule has 0 bridgehead atoms. The number of nitrogens with zero attached hydrogens (tertiary/aromatic N) is 1. The number of amides is 3. The Kier molecular flexibility index (Phi) is 9.09. The Morgan fingerprint density at radius 3 is 2.19 bits per heavy atom. The summed E-state index contributed by atoms with van der Waals surface area (Å²) in [6.07, 6.45) is 4.77. The number of phenolic OH excluding ortho intramolecular Hbond substituents is 1. The number of terminal acetylenes is 1. The fourth-order valence-corrected chi connectivity index (χ4v) is 3.54. The van der Waals surface area contributed by atoms with Crippen LogP contribution in [0.5, 0.6) is 5.75 Å². The van der Waals surface area contributed by atoms with Gasteiger partial charge in [0.15, 0.2) is 0 Å². The lowest BCUT2D eigenvalue weighted by atomic mass is 10.00. The topological polar surface area (TPSA) is 128 Å². The summed E-state index contributed by atoms with van der Waals surface area (Å²) in [4.78, 5) is 40.0. The van der Waals surface area contributed by atoms with Crippen molar-refractivity contribution in [2.24, 2.45) is 0 Å². The number of rotatable bonds is 7. The number of nitrogens with one attached hydrogen (secondary N) is 2. The molecule has 0 aliphatic carbocycles. The Morgan fingerprint density at radius 2 is 1.69 bits per heavy atom. The van der Waals surface area contributed by atoms with Crippen LogP contribution in [0.4, 0.5) is 10.5 Å². The minimum absolute atomic E-state index is 0.00562. The van der Waals surface area contributed by atoms with E-state index in [1.54, 1.807) is 27.7 Å². The Morgan fingerprint density at radius 1 is 1.08 bits per heavy atom. The van der Waals surface area contributed by atoms with Gasteiger partial charge >= 0.3 is 6.09 Å². The maximum Gasteiger partial charge on any atom is 0.408 e. The number of carbonyl (C=O) groups is 3. The quantitative estimate of drug-likeness (QED) is 0.345. The van der Waals surface area contributed by atoms with E-state index >= 15 is 0 Å². The van der Waals surface area contributed by atoms with Gasteiger partial charge in [-0.1, -0.05) is 30.7 Å². The number of ether oxygens (including phenoxy) is 1. The second-order valence-electron chi connectivity index (χ2n) is 9.42. The highest BCUT2D eigenvalue weighted by Crippen LogP contribution is 2.29. The normalized spacial score (nSPS) is 12.6. The van der Waals surface area contributed by atoms with Crippen molar-refractivity contribution < 1.29 is 29.3 Å². The van der Waals surface area contributed by atoms with Crippen LogP contribution in [-0.4, -0.2) is 51.3 Å². The molecular weight excluding hydrogens is 462 g/mol. The van der Waals surface area contributed by atoms with Crippen LogP contribution in [0.15, 0.2) is 36.4 Å². The molecule has 2 aromatic carbocycles. The SMILES string of the molecule is C#CN(C(=O)C(CO)NC(=O)OC(C)(C)C)C(C(=O)Nc1c(C)cccc1C)c1ccc(O)c(C)c1. The summed E-state index contributed by atoms with van der Waals surface area (Å²) in [6, 6.07) is 9.35. The lowest BCUT2D eigenvalue weighted by Gasteiger charge is -2.30. The van der Waals surface area contributed by atoms with Gasteiger partial charge in [0, 0.05) is 11.7 Å². The molecule has 0 aliphatic rings. The summed E-state index contributed by atoms with van der Waals surface area (Å²) in [5.74, 6) is -1.50. The maximum atomic E-state index is 13.6. The zero-order chi connectivity index (χ0) is 27.2. The van der Waals surface area contributed by atoms with Gasteiger partial charge in [-0.05, 0) is 75.9 Å². The molecule has 0 spiro atoms. The van der Waals surface area contributed by atoms with Crippen LogP contribution < -0.4 is 10.6 Å². The highest BCUT2D eigenvalue weighted by atomic mass is 16.6. The number of aliphatic hydroxyl groups is 1. The van der Waals surface area contributed by atoms with Crippen molar-refractivity contribution in [2.75, 3.05) is 11.9 Å². The third-order valence-electron chi connectivity index (χ3n) is 5.32. The molecule has 2 rings (SSSR count). The lowest BCUT2D eigenvalue weighted by molar-refractivity contribution is -0.137. The summed E-state index contributed by atoms with van der Waals surface area (Å²) in [7, 11) is 0. The van der Waals surface area contributed by atoms with Crippen LogP contribution in [0.3, 0.4) is 0 Å². The smallest absolute Gasteiger partial charge is 0.408 e. The zero-order valence-corrected chi connectivity index (χ0v) is 21.4. The Hall–Kier alpha value is -4.03. The van der Waals surface area contributed by atoms with Gasteiger partial charge in [-0.15, -0.1) is 0 Å². The first-order valence-electron chi connectivity index (χ1n) is 11.3. The summed E-state index contributed by atoms with van der Waals surface area (Å²) in [5.41, 5.74) is 2.14. The van der Waals surface area contributed by atoms with Crippen molar-refractivity contribution in [1.82, 2.24) is 10.2 Å². The second kappa shape index (κ2) is 11.6. The molecule has 0 heterocycles. The number of benzene rings is 2. The number of para-hydroxylation sites is 1. The molecule has 0 saturated heterocycles. The van der Waals surface area contributed by atoms with Gasteiger partial charge < -0.3 is 25.6 Å². The van der Waals surface area contributed by atoms with Crippen molar-refractivity contribution >= 4 is 23.6 Å². The lowest BCUT2D eigenvalue weighted by Crippen LogP contribution is -2.52. The van der Waals surface area contributed by atoms with Crippen molar-refractivity contribution in [1.29, 1.82) is 0 Å². The maximum absolute atomic E-state index is 13.6. The van der Waals surface area contributed by atoms with Gasteiger partial charge in [-0.3, -0.25) is 14.5 Å². The second-order valence-corrected chi connectivity index (χ2v) is 9.42. The number of phenols is 1. The van der Waals surface area contributed by atoms with Crippen molar-refractivity contribution in [2.45, 2.75) is 59.2 Å². The number of hydrogen-bond acceptors (Lipinski definition) is 6. The van der Waals surface area contributed by atoms with Gasteiger partial charge in [0.05, 0.1) is 6.61 Å². The number of hydrogen-bond donors (Lipinski definition) is 4. The molecule has 0 aromatic heterocycles. The largest absolute Gasteiger partial charge is 0.508 e. The third kappa shape index (κ3) is 6.99. The molecule has 3 amide bonds. The number of aliphatic hydroxyl groups excluding tert-OH is 1. The molecule has 2 aromatic rings. The zero-order valence-electron chi connectivity index (χ0n) is 21.4. The van der Waals surface area contributed by atoms with E-state index in [2.05, 4.69) is 16.7 Å². The third-order valence-corrected chi connectivity index (χ3v) is 5.32. The molecule has 2 unspecified atom stereocenters. The molecule has 0 radical (unpaired) electrons. The predicted molar refractivity (Wildman–Crippen MR) is 136 cm³/mol. The van der Waals surface area contributed by atoms with Crippen LogP contribution in [0.25, 0.3) is 0 Å². The molecule has 0 aliphatic heterocycles. The van der Waals surface area contributed by atoms with Crippen molar-refractivity contribution in [3.63, 3.8) is 0 Å². The molecular formula is C27H33N3O6. The summed E-state index contributed by atoms with van der Waals surface area (Å²) in [6.45, 7) is 9.47. The van der Waals surface area contributed by atoms with E-state index in [1.165, 1.54) is 18.2 Å². The van der Waals surface area contributed by atoms with Crippen molar-refractivity contribution in [3.05, 3.63) is 58.7 Å². The molecule has 2 atom stereocenters. The van der Waals surface area contributed by atoms with Crippen LogP contribution >= 0.6 is 0 Å². The van der Waals surface area contributed by atoms with E-state index in [0.29, 0.717) is 16.8 Å². The number of anilines is 1. The number of alkyl carbamates (subject to hydrolysis) is 1. The highest BCUT2D eigenvalue weighted by Gasteiger charge is 2.36. The predicted octanol–water partition coefficient (Wildman–Crippen LogP) is 3.30. The Bertz CT molecular complexity index is 1160. The van der Waals surface area contributed by atoms with E-state index in [0.717, 1.165) is 16.0 Å². The fourth-order valence-electron chi connectivity index (χ4n) is 3.54. The fraction of sp³-hybridized carbons (Fsp3) is 0.370. The molecule has 9 heteroatoms. The monoisotopic (exact) mass is 495 g/mol. The molecule has 36 heavy (non-hydrogen) atoms. The van der Waals surface area contributed by atoms with Gasteiger partial charge in [0.25, 0.3) is 11.8 Å². The van der Waals surface area contributed by atoms with E-state index in [9.17, 15) is 24.6 Å². The first kappa shape index (κ1) is 28.2.